The summed E-state index contributed by atoms with van der Waals surface area (Å²) in [7, 11) is -1.56. The molecule has 74 valence electrons. The Morgan fingerprint density at radius 2 is 1.92 bits per heavy atom. The Hall–Kier alpha value is -0.263. The summed E-state index contributed by atoms with van der Waals surface area (Å²) in [5.74, 6) is 3.16. The highest BCUT2D eigenvalue weighted by molar-refractivity contribution is 6.74. The smallest absolute Gasteiger partial charge is 0.192 e. The Kier molecular flexibility index (Phi) is 2.62. The van der Waals surface area contributed by atoms with E-state index in [0.717, 1.165) is 6.42 Å². The SMILES string of the molecule is C#C[C@@H]1C[C@@H]1O[Si](C)(C)C(C)(C)C. The van der Waals surface area contributed by atoms with Crippen molar-refractivity contribution < 1.29 is 4.43 Å². The predicted octanol–water partition coefficient (Wildman–Crippen LogP) is 3.03. The molecule has 0 radical (unpaired) electrons. The fourth-order valence-corrected chi connectivity index (χ4v) is 2.40. The molecule has 1 fully saturated rings. The van der Waals surface area contributed by atoms with Crippen LogP contribution in [0, 0.1) is 18.3 Å². The second kappa shape index (κ2) is 3.15. The van der Waals surface area contributed by atoms with Crippen molar-refractivity contribution in [2.24, 2.45) is 5.92 Å². The van der Waals surface area contributed by atoms with Crippen molar-refractivity contribution in [1.82, 2.24) is 0 Å². The zero-order valence-corrected chi connectivity index (χ0v) is 10.3. The zero-order valence-electron chi connectivity index (χ0n) is 9.35. The van der Waals surface area contributed by atoms with Crippen molar-refractivity contribution in [3.05, 3.63) is 0 Å². The van der Waals surface area contributed by atoms with Crippen LogP contribution in [0.3, 0.4) is 0 Å². The Morgan fingerprint density at radius 3 is 2.23 bits per heavy atom. The average molecular weight is 196 g/mol. The summed E-state index contributed by atoms with van der Waals surface area (Å²) < 4.78 is 6.11. The van der Waals surface area contributed by atoms with Gasteiger partial charge in [0, 0.05) is 5.92 Å². The van der Waals surface area contributed by atoms with E-state index in [2.05, 4.69) is 39.8 Å². The highest BCUT2D eigenvalue weighted by Crippen LogP contribution is 2.43. The molecule has 13 heavy (non-hydrogen) atoms. The van der Waals surface area contributed by atoms with E-state index in [0.29, 0.717) is 17.1 Å². The van der Waals surface area contributed by atoms with Crippen LogP contribution in [0.5, 0.6) is 0 Å². The molecule has 0 aromatic rings. The first kappa shape index (κ1) is 10.8. The summed E-state index contributed by atoms with van der Waals surface area (Å²) in [5, 5.41) is 0.300. The quantitative estimate of drug-likeness (QED) is 0.487. The van der Waals surface area contributed by atoms with Crippen LogP contribution < -0.4 is 0 Å². The molecule has 1 nitrogen and oxygen atoms in total. The molecule has 1 rings (SSSR count). The van der Waals surface area contributed by atoms with Gasteiger partial charge in [0.2, 0.25) is 0 Å². The van der Waals surface area contributed by atoms with Gasteiger partial charge in [0.05, 0.1) is 6.10 Å². The normalized spacial score (nSPS) is 28.3. The molecule has 1 aliphatic carbocycles. The van der Waals surface area contributed by atoms with Gasteiger partial charge in [-0.3, -0.25) is 0 Å². The van der Waals surface area contributed by atoms with Crippen LogP contribution in [0.15, 0.2) is 0 Å². The molecule has 0 spiro atoms. The standard InChI is InChI=1S/C11H20OSi/c1-7-9-8-10(9)12-13(5,6)11(2,3)4/h1,9-10H,8H2,2-6H3/t9-,10+/m1/s1. The van der Waals surface area contributed by atoms with Crippen LogP contribution in [0.1, 0.15) is 27.2 Å². The van der Waals surface area contributed by atoms with Crippen molar-refractivity contribution in [3.63, 3.8) is 0 Å². The number of hydrogen-bond donors (Lipinski definition) is 0. The van der Waals surface area contributed by atoms with Crippen LogP contribution in [0.25, 0.3) is 0 Å². The van der Waals surface area contributed by atoms with Crippen LogP contribution >= 0.6 is 0 Å². The van der Waals surface area contributed by atoms with Crippen LogP contribution in [0.2, 0.25) is 18.1 Å². The van der Waals surface area contributed by atoms with E-state index < -0.39 is 8.32 Å². The summed E-state index contributed by atoms with van der Waals surface area (Å²) in [6.45, 7) is 11.3. The second-order valence-electron chi connectivity index (χ2n) is 5.43. The molecule has 0 aromatic carbocycles. The summed E-state index contributed by atoms with van der Waals surface area (Å²) in [4.78, 5) is 0. The van der Waals surface area contributed by atoms with Gasteiger partial charge in [0.1, 0.15) is 0 Å². The van der Waals surface area contributed by atoms with Gasteiger partial charge in [-0.1, -0.05) is 20.8 Å². The fraction of sp³-hybridized carbons (Fsp3) is 0.818. The molecular weight excluding hydrogens is 176 g/mol. The minimum absolute atomic E-state index is 0.300. The van der Waals surface area contributed by atoms with E-state index in [4.69, 9.17) is 10.8 Å². The minimum atomic E-state index is -1.56. The molecule has 2 heteroatoms. The maximum Gasteiger partial charge on any atom is 0.192 e. The third kappa shape index (κ3) is 2.36. The van der Waals surface area contributed by atoms with E-state index in [1.807, 2.05) is 0 Å². The first-order chi connectivity index (χ1) is 5.78. The molecule has 0 aromatic heterocycles. The molecule has 0 unspecified atom stereocenters. The van der Waals surface area contributed by atoms with Crippen molar-refractivity contribution >= 4 is 8.32 Å². The topological polar surface area (TPSA) is 9.23 Å². The van der Waals surface area contributed by atoms with Crippen molar-refractivity contribution in [2.75, 3.05) is 0 Å². The Balaban J connectivity index is 2.50. The Morgan fingerprint density at radius 1 is 1.38 bits per heavy atom. The average Bonchev–Trinajstić information content (AvgIpc) is 2.63. The van der Waals surface area contributed by atoms with E-state index in [1.54, 1.807) is 0 Å². The summed E-state index contributed by atoms with van der Waals surface area (Å²) in [6, 6.07) is 0. The molecule has 0 bridgehead atoms. The fourth-order valence-electron chi connectivity index (χ4n) is 1.03. The maximum atomic E-state index is 6.11. The monoisotopic (exact) mass is 196 g/mol. The molecule has 0 saturated heterocycles. The van der Waals surface area contributed by atoms with E-state index in [1.165, 1.54) is 0 Å². The lowest BCUT2D eigenvalue weighted by Crippen LogP contribution is -2.41. The van der Waals surface area contributed by atoms with Gasteiger partial charge in [0.15, 0.2) is 8.32 Å². The molecular formula is C11H20OSi. The molecule has 0 heterocycles. The lowest BCUT2D eigenvalue weighted by molar-refractivity contribution is 0.265. The second-order valence-corrected chi connectivity index (χ2v) is 10.2. The van der Waals surface area contributed by atoms with E-state index >= 15 is 0 Å². The molecule has 1 saturated carbocycles. The van der Waals surface area contributed by atoms with Crippen LogP contribution in [0.4, 0.5) is 0 Å². The predicted molar refractivity (Wildman–Crippen MR) is 59.0 cm³/mol. The molecule has 2 atom stereocenters. The van der Waals surface area contributed by atoms with Crippen molar-refractivity contribution in [3.8, 4) is 12.3 Å². The Labute approximate surface area is 83.0 Å². The van der Waals surface area contributed by atoms with Crippen molar-refractivity contribution in [2.45, 2.75) is 51.4 Å². The largest absolute Gasteiger partial charge is 0.413 e. The minimum Gasteiger partial charge on any atom is -0.413 e. The summed E-state index contributed by atoms with van der Waals surface area (Å²) in [6.07, 6.45) is 6.78. The number of terminal acetylenes is 1. The highest BCUT2D eigenvalue weighted by atomic mass is 28.4. The van der Waals surface area contributed by atoms with Crippen LogP contribution in [-0.4, -0.2) is 14.4 Å². The first-order valence-corrected chi connectivity index (χ1v) is 7.83. The van der Waals surface area contributed by atoms with Gasteiger partial charge >= 0.3 is 0 Å². The maximum absolute atomic E-state index is 6.11. The van der Waals surface area contributed by atoms with Gasteiger partial charge in [-0.05, 0) is 24.6 Å². The van der Waals surface area contributed by atoms with Gasteiger partial charge in [-0.2, -0.15) is 0 Å². The zero-order chi connectivity index (χ0) is 10.3. The molecule has 1 aliphatic rings. The van der Waals surface area contributed by atoms with Gasteiger partial charge < -0.3 is 4.43 Å². The number of rotatable bonds is 2. The summed E-state index contributed by atoms with van der Waals surface area (Å²) >= 11 is 0. The van der Waals surface area contributed by atoms with E-state index in [-0.39, 0.29) is 0 Å². The molecule has 0 amide bonds. The lowest BCUT2D eigenvalue weighted by atomic mass is 10.2. The third-order valence-electron chi connectivity index (χ3n) is 3.20. The first-order valence-electron chi connectivity index (χ1n) is 4.92. The van der Waals surface area contributed by atoms with Crippen LogP contribution in [-0.2, 0) is 4.43 Å². The van der Waals surface area contributed by atoms with Crippen molar-refractivity contribution in [1.29, 1.82) is 0 Å². The molecule has 0 N–H and O–H groups in total. The summed E-state index contributed by atoms with van der Waals surface area (Å²) in [5.41, 5.74) is 0. The Bertz CT molecular complexity index is 231. The van der Waals surface area contributed by atoms with Gasteiger partial charge in [0.25, 0.3) is 0 Å². The third-order valence-corrected chi connectivity index (χ3v) is 7.70. The van der Waals surface area contributed by atoms with E-state index in [9.17, 15) is 0 Å². The highest BCUT2D eigenvalue weighted by Gasteiger charge is 2.46. The van der Waals surface area contributed by atoms with Gasteiger partial charge in [-0.15, -0.1) is 12.3 Å². The lowest BCUT2D eigenvalue weighted by Gasteiger charge is -2.36. The molecule has 0 aliphatic heterocycles. The number of hydrogen-bond acceptors (Lipinski definition) is 1. The van der Waals surface area contributed by atoms with Gasteiger partial charge in [-0.25, -0.2) is 0 Å².